The van der Waals surface area contributed by atoms with Crippen LogP contribution in [-0.4, -0.2) is 30.0 Å². The summed E-state index contributed by atoms with van der Waals surface area (Å²) in [6.45, 7) is 1.91. The standard InChI is InChI=1S/C18H15ClN4O2/c1-10-22-16-15-13(8-14(24-2)17(16)25-3)20-9-21-18(15)23(10)12-6-4-5-11(19)7-12/h4-9H,1-3H3. The number of aliphatic imine (C=N–C) groups is 1. The molecule has 6 nitrogen and oxygen atoms in total. The Balaban J connectivity index is 2.05. The van der Waals surface area contributed by atoms with Gasteiger partial charge in [0.15, 0.2) is 17.3 Å². The highest BCUT2D eigenvalue weighted by atomic mass is 35.5. The van der Waals surface area contributed by atoms with Gasteiger partial charge in [-0.2, -0.15) is 0 Å². The van der Waals surface area contributed by atoms with Crippen LogP contribution in [0.1, 0.15) is 6.92 Å². The van der Waals surface area contributed by atoms with Gasteiger partial charge in [0.2, 0.25) is 0 Å². The Morgan fingerprint density at radius 2 is 1.92 bits per heavy atom. The highest BCUT2D eigenvalue weighted by Gasteiger charge is 2.28. The predicted molar refractivity (Wildman–Crippen MR) is 99.0 cm³/mol. The van der Waals surface area contributed by atoms with E-state index >= 15 is 0 Å². The van der Waals surface area contributed by atoms with Gasteiger partial charge in [0.25, 0.3) is 0 Å². The molecule has 7 heteroatoms. The maximum absolute atomic E-state index is 6.17. The van der Waals surface area contributed by atoms with E-state index < -0.39 is 0 Å². The summed E-state index contributed by atoms with van der Waals surface area (Å²) in [4.78, 5) is 15.6. The lowest BCUT2D eigenvalue weighted by Gasteiger charge is -2.29. The highest BCUT2D eigenvalue weighted by Crippen LogP contribution is 2.49. The zero-order valence-electron chi connectivity index (χ0n) is 13.9. The van der Waals surface area contributed by atoms with Crippen molar-refractivity contribution in [3.63, 3.8) is 0 Å². The van der Waals surface area contributed by atoms with Gasteiger partial charge in [0.1, 0.15) is 17.9 Å². The summed E-state index contributed by atoms with van der Waals surface area (Å²) in [5.74, 6) is 2.63. The van der Waals surface area contributed by atoms with E-state index in [1.54, 1.807) is 14.2 Å². The number of halogens is 1. The Morgan fingerprint density at radius 3 is 2.64 bits per heavy atom. The Morgan fingerprint density at radius 1 is 1.08 bits per heavy atom. The van der Waals surface area contributed by atoms with E-state index in [1.807, 2.05) is 42.2 Å². The van der Waals surface area contributed by atoms with E-state index in [0.717, 1.165) is 28.2 Å². The minimum Gasteiger partial charge on any atom is -0.493 e. The van der Waals surface area contributed by atoms with Gasteiger partial charge in [0.05, 0.1) is 30.8 Å². The number of benzene rings is 2. The topological polar surface area (TPSA) is 59.8 Å². The fourth-order valence-corrected chi connectivity index (χ4v) is 3.25. The Kier molecular flexibility index (Phi) is 3.69. The molecule has 0 spiro atoms. The van der Waals surface area contributed by atoms with Crippen molar-refractivity contribution < 1.29 is 9.47 Å². The van der Waals surface area contributed by atoms with Gasteiger partial charge in [-0.1, -0.05) is 17.7 Å². The molecular formula is C18H15ClN4O2. The fraction of sp³-hybridized carbons (Fsp3) is 0.167. The normalized spacial score (nSPS) is 13.0. The molecule has 2 aromatic carbocycles. The zero-order valence-corrected chi connectivity index (χ0v) is 14.7. The number of hydrogen-bond donors (Lipinski definition) is 0. The molecule has 0 saturated heterocycles. The molecule has 0 fully saturated rings. The van der Waals surface area contributed by atoms with E-state index in [0.29, 0.717) is 22.2 Å². The summed E-state index contributed by atoms with van der Waals surface area (Å²) in [6.07, 6.45) is 1.53. The summed E-state index contributed by atoms with van der Waals surface area (Å²) in [6, 6.07) is 9.40. The fourth-order valence-electron chi connectivity index (χ4n) is 3.06. The number of methoxy groups -OCH3 is 2. The molecule has 3 aromatic rings. The number of amidine groups is 1. The molecule has 0 bridgehead atoms. The molecule has 0 saturated carbocycles. The molecule has 0 N–H and O–H groups in total. The number of hydrogen-bond acceptors (Lipinski definition) is 6. The van der Waals surface area contributed by atoms with Gasteiger partial charge in [-0.3, -0.25) is 4.90 Å². The smallest absolute Gasteiger partial charge is 0.187 e. The Hall–Kier alpha value is -2.86. The lowest BCUT2D eigenvalue weighted by molar-refractivity contribution is 0.356. The molecule has 0 amide bonds. The van der Waals surface area contributed by atoms with Gasteiger partial charge in [0, 0.05) is 11.1 Å². The molecule has 0 atom stereocenters. The van der Waals surface area contributed by atoms with Crippen LogP contribution in [0.15, 0.2) is 41.7 Å². The lowest BCUT2D eigenvalue weighted by Crippen LogP contribution is -2.26. The number of nitrogens with zero attached hydrogens (tertiary/aromatic N) is 4. The molecule has 0 unspecified atom stereocenters. The van der Waals surface area contributed by atoms with E-state index in [1.165, 1.54) is 6.33 Å². The van der Waals surface area contributed by atoms with Crippen molar-refractivity contribution in [2.45, 2.75) is 6.92 Å². The molecular weight excluding hydrogens is 340 g/mol. The molecule has 0 radical (unpaired) electrons. The predicted octanol–water partition coefficient (Wildman–Crippen LogP) is 4.50. The monoisotopic (exact) mass is 354 g/mol. The van der Waals surface area contributed by atoms with E-state index in [4.69, 9.17) is 26.1 Å². The average Bonchev–Trinajstić information content (AvgIpc) is 2.61. The second-order valence-corrected chi connectivity index (χ2v) is 5.96. The first kappa shape index (κ1) is 15.7. The van der Waals surface area contributed by atoms with Gasteiger partial charge in [-0.05, 0) is 25.1 Å². The van der Waals surface area contributed by atoms with Crippen LogP contribution in [0.5, 0.6) is 11.5 Å². The summed E-state index contributed by atoms with van der Waals surface area (Å²) in [5.41, 5.74) is 2.29. The molecule has 2 heterocycles. The molecule has 25 heavy (non-hydrogen) atoms. The zero-order chi connectivity index (χ0) is 17.6. The Labute approximate surface area is 149 Å². The first-order valence-electron chi connectivity index (χ1n) is 7.64. The van der Waals surface area contributed by atoms with Crippen molar-refractivity contribution in [3.05, 3.63) is 41.7 Å². The van der Waals surface area contributed by atoms with Gasteiger partial charge in [-0.25, -0.2) is 15.0 Å². The van der Waals surface area contributed by atoms with Crippen LogP contribution in [-0.2, 0) is 0 Å². The maximum Gasteiger partial charge on any atom is 0.187 e. The maximum atomic E-state index is 6.17. The van der Waals surface area contributed by atoms with Crippen molar-refractivity contribution in [1.82, 2.24) is 9.97 Å². The van der Waals surface area contributed by atoms with Gasteiger partial charge in [-0.15, -0.1) is 0 Å². The minimum atomic E-state index is 0.566. The van der Waals surface area contributed by atoms with Crippen molar-refractivity contribution in [2.75, 3.05) is 19.1 Å². The molecule has 4 rings (SSSR count). The Bertz CT molecular complexity index is 1020. The molecule has 0 aliphatic carbocycles. The van der Waals surface area contributed by atoms with Crippen LogP contribution < -0.4 is 14.4 Å². The van der Waals surface area contributed by atoms with Crippen molar-refractivity contribution in [3.8, 4) is 11.5 Å². The molecule has 1 aliphatic rings. The third-order valence-corrected chi connectivity index (χ3v) is 4.33. The SMILES string of the molecule is COc1cc2ncnc3c2c(c1OC)N=C(C)N3c1cccc(Cl)c1. The number of aromatic nitrogens is 2. The summed E-state index contributed by atoms with van der Waals surface area (Å²) < 4.78 is 11.0. The second-order valence-electron chi connectivity index (χ2n) is 5.53. The van der Waals surface area contributed by atoms with E-state index in [-0.39, 0.29) is 0 Å². The number of rotatable bonds is 3. The summed E-state index contributed by atoms with van der Waals surface area (Å²) in [5, 5.41) is 1.46. The second kappa shape index (κ2) is 5.89. The molecule has 1 aromatic heterocycles. The average molecular weight is 355 g/mol. The van der Waals surface area contributed by atoms with Crippen LogP contribution >= 0.6 is 11.6 Å². The van der Waals surface area contributed by atoms with Crippen LogP contribution in [0.4, 0.5) is 17.2 Å². The number of ether oxygens (including phenoxy) is 2. The van der Waals surface area contributed by atoms with E-state index in [2.05, 4.69) is 9.97 Å². The van der Waals surface area contributed by atoms with Crippen molar-refractivity contribution in [1.29, 1.82) is 0 Å². The van der Waals surface area contributed by atoms with Crippen LogP contribution in [0.3, 0.4) is 0 Å². The minimum absolute atomic E-state index is 0.566. The molecule has 1 aliphatic heterocycles. The molecule has 126 valence electrons. The third-order valence-electron chi connectivity index (χ3n) is 4.10. The summed E-state index contributed by atoms with van der Waals surface area (Å²) in [7, 11) is 3.19. The third kappa shape index (κ3) is 2.37. The van der Waals surface area contributed by atoms with Crippen molar-refractivity contribution >= 4 is 45.5 Å². The first-order valence-corrected chi connectivity index (χ1v) is 8.02. The van der Waals surface area contributed by atoms with Gasteiger partial charge < -0.3 is 9.47 Å². The largest absolute Gasteiger partial charge is 0.493 e. The van der Waals surface area contributed by atoms with Crippen LogP contribution in [0, 0.1) is 0 Å². The van der Waals surface area contributed by atoms with E-state index in [9.17, 15) is 0 Å². The summed E-state index contributed by atoms with van der Waals surface area (Å²) >= 11 is 6.17. The van der Waals surface area contributed by atoms with Crippen LogP contribution in [0.2, 0.25) is 5.02 Å². The quantitative estimate of drug-likeness (QED) is 0.693. The number of anilines is 2. The first-order chi connectivity index (χ1) is 12.1. The van der Waals surface area contributed by atoms with Crippen LogP contribution in [0.25, 0.3) is 10.9 Å². The highest BCUT2D eigenvalue weighted by molar-refractivity contribution is 6.31. The lowest BCUT2D eigenvalue weighted by atomic mass is 10.1. The van der Waals surface area contributed by atoms with Gasteiger partial charge >= 0.3 is 0 Å². The van der Waals surface area contributed by atoms with Crippen molar-refractivity contribution in [2.24, 2.45) is 4.99 Å².